The molecule has 2 rings (SSSR count). The summed E-state index contributed by atoms with van der Waals surface area (Å²) in [7, 11) is 0. The minimum atomic E-state index is 0.332. The average molecular weight is 242 g/mol. The zero-order valence-electron chi connectivity index (χ0n) is 6.31. The third kappa shape index (κ3) is 1.26. The van der Waals surface area contributed by atoms with Crippen LogP contribution in [0.3, 0.4) is 0 Å². The molecule has 1 N–H and O–H groups in total. The van der Waals surface area contributed by atoms with Crippen LogP contribution in [-0.4, -0.2) is 31.5 Å². The number of tetrazole rings is 1. The van der Waals surface area contributed by atoms with Crippen molar-refractivity contribution in [1.29, 1.82) is 0 Å². The molecule has 0 amide bonds. The summed E-state index contributed by atoms with van der Waals surface area (Å²) in [5.74, 6) is 0.332. The van der Waals surface area contributed by atoms with E-state index in [2.05, 4.69) is 36.6 Å². The molecule has 0 aliphatic rings. The molecule has 6 nitrogen and oxygen atoms in total. The topological polar surface area (TPSA) is 76.5 Å². The van der Waals surface area contributed by atoms with Gasteiger partial charge in [0, 0.05) is 0 Å². The van der Waals surface area contributed by atoms with E-state index in [1.54, 1.807) is 12.1 Å². The van der Waals surface area contributed by atoms with E-state index in [1.165, 1.54) is 4.57 Å². The van der Waals surface area contributed by atoms with E-state index in [1.807, 2.05) is 0 Å². The minimum absolute atomic E-state index is 0.332. The molecule has 66 valence electrons. The minimum Gasteiger partial charge on any atom is -0.296 e. The van der Waals surface area contributed by atoms with Gasteiger partial charge in [0.25, 0.3) is 5.95 Å². The Labute approximate surface area is 81.1 Å². The highest BCUT2D eigenvalue weighted by Gasteiger charge is 2.10. The molecule has 0 fully saturated rings. The van der Waals surface area contributed by atoms with E-state index < -0.39 is 0 Å². The van der Waals surface area contributed by atoms with Crippen LogP contribution in [0.1, 0.15) is 10.5 Å². The van der Waals surface area contributed by atoms with Gasteiger partial charge in [0.2, 0.25) is 0 Å². The van der Waals surface area contributed by atoms with E-state index in [9.17, 15) is 4.79 Å². The Morgan fingerprint density at radius 2 is 2.38 bits per heavy atom. The highest BCUT2D eigenvalue weighted by molar-refractivity contribution is 9.10. The van der Waals surface area contributed by atoms with Crippen LogP contribution in [0.25, 0.3) is 5.95 Å². The van der Waals surface area contributed by atoms with Crippen molar-refractivity contribution < 1.29 is 4.79 Å². The predicted octanol–water partition coefficient (Wildman–Crippen LogP) is 0.565. The van der Waals surface area contributed by atoms with Crippen molar-refractivity contribution in [2.24, 2.45) is 0 Å². The third-order valence-electron chi connectivity index (χ3n) is 1.52. The lowest BCUT2D eigenvalue weighted by molar-refractivity contribution is 0.111. The fraction of sp³-hybridized carbons (Fsp3) is 0. The Hall–Kier alpha value is -1.50. The van der Waals surface area contributed by atoms with Gasteiger partial charge in [-0.15, -0.1) is 5.10 Å². The molecule has 0 unspecified atom stereocenters. The second kappa shape index (κ2) is 3.09. The van der Waals surface area contributed by atoms with Gasteiger partial charge in [-0.2, -0.15) is 5.21 Å². The molecule has 0 bridgehead atoms. The van der Waals surface area contributed by atoms with Gasteiger partial charge < -0.3 is 0 Å². The summed E-state index contributed by atoms with van der Waals surface area (Å²) >= 11 is 3.26. The zero-order chi connectivity index (χ0) is 9.26. The van der Waals surface area contributed by atoms with Gasteiger partial charge in [0.05, 0.1) is 10.3 Å². The Morgan fingerprint density at radius 1 is 1.54 bits per heavy atom. The first-order valence-electron chi connectivity index (χ1n) is 3.39. The van der Waals surface area contributed by atoms with Crippen molar-refractivity contribution in [3.63, 3.8) is 0 Å². The summed E-state index contributed by atoms with van der Waals surface area (Å²) in [6.45, 7) is 0. The molecule has 2 heterocycles. The molecule has 7 heteroatoms. The number of hydrogen-bond acceptors (Lipinski definition) is 4. The second-order valence-electron chi connectivity index (χ2n) is 2.25. The van der Waals surface area contributed by atoms with Crippen molar-refractivity contribution in [3.05, 3.63) is 22.4 Å². The van der Waals surface area contributed by atoms with Crippen LogP contribution >= 0.6 is 15.9 Å². The Kier molecular flexibility index (Phi) is 1.93. The SMILES string of the molecule is O=Cc1ccc(Br)n1-c1nn[nH]n1. The molecule has 13 heavy (non-hydrogen) atoms. The number of nitrogens with zero attached hydrogens (tertiary/aromatic N) is 4. The lowest BCUT2D eigenvalue weighted by Gasteiger charge is -1.98. The monoisotopic (exact) mass is 241 g/mol. The molecule has 0 aliphatic carbocycles. The first kappa shape index (κ1) is 8.11. The number of carbonyl (C=O) groups is 1. The Balaban J connectivity index is 2.62. The van der Waals surface area contributed by atoms with Crippen LogP contribution in [0.5, 0.6) is 0 Å². The third-order valence-corrected chi connectivity index (χ3v) is 2.14. The zero-order valence-corrected chi connectivity index (χ0v) is 7.89. The highest BCUT2D eigenvalue weighted by atomic mass is 79.9. The summed E-state index contributed by atoms with van der Waals surface area (Å²) in [6.07, 6.45) is 0.723. The lowest BCUT2D eigenvalue weighted by Crippen LogP contribution is -2.01. The normalized spacial score (nSPS) is 10.2. The van der Waals surface area contributed by atoms with E-state index in [0.717, 1.165) is 6.29 Å². The van der Waals surface area contributed by atoms with Gasteiger partial charge >= 0.3 is 0 Å². The van der Waals surface area contributed by atoms with Crippen molar-refractivity contribution in [2.75, 3.05) is 0 Å². The van der Waals surface area contributed by atoms with Crippen molar-refractivity contribution in [1.82, 2.24) is 25.2 Å². The molecule has 0 aliphatic heterocycles. The van der Waals surface area contributed by atoms with Crippen LogP contribution in [0.2, 0.25) is 0 Å². The predicted molar refractivity (Wildman–Crippen MR) is 46.6 cm³/mol. The van der Waals surface area contributed by atoms with Crippen LogP contribution in [-0.2, 0) is 0 Å². The number of carbonyl (C=O) groups excluding carboxylic acids is 1. The van der Waals surface area contributed by atoms with Gasteiger partial charge in [0.15, 0.2) is 6.29 Å². The van der Waals surface area contributed by atoms with Gasteiger partial charge in [-0.25, -0.2) is 0 Å². The number of rotatable bonds is 2. The maximum absolute atomic E-state index is 10.6. The van der Waals surface area contributed by atoms with Gasteiger partial charge in [-0.1, -0.05) is 5.10 Å². The molecule has 0 radical (unpaired) electrons. The average Bonchev–Trinajstić information content (AvgIpc) is 2.72. The van der Waals surface area contributed by atoms with Crippen LogP contribution in [0.4, 0.5) is 0 Å². The molecular formula is C6H4BrN5O. The molecule has 0 saturated heterocycles. The fourth-order valence-corrected chi connectivity index (χ4v) is 1.48. The summed E-state index contributed by atoms with van der Waals surface area (Å²) in [5, 5.41) is 13.2. The Bertz CT molecular complexity index is 420. The fourth-order valence-electron chi connectivity index (χ4n) is 0.981. The van der Waals surface area contributed by atoms with E-state index in [-0.39, 0.29) is 0 Å². The highest BCUT2D eigenvalue weighted by Crippen LogP contribution is 2.17. The molecule has 2 aromatic heterocycles. The van der Waals surface area contributed by atoms with Gasteiger partial charge in [0.1, 0.15) is 0 Å². The molecule has 0 atom stereocenters. The lowest BCUT2D eigenvalue weighted by atomic mass is 10.5. The first-order chi connectivity index (χ1) is 6.33. The van der Waals surface area contributed by atoms with E-state index >= 15 is 0 Å². The Morgan fingerprint density at radius 3 is 3.00 bits per heavy atom. The quantitative estimate of drug-likeness (QED) is 0.781. The molecular weight excluding hydrogens is 238 g/mol. The van der Waals surface area contributed by atoms with Crippen LogP contribution < -0.4 is 0 Å². The van der Waals surface area contributed by atoms with Crippen molar-refractivity contribution in [2.45, 2.75) is 0 Å². The van der Waals surface area contributed by atoms with Crippen molar-refractivity contribution >= 4 is 22.2 Å². The molecule has 0 aromatic carbocycles. The maximum Gasteiger partial charge on any atom is 0.275 e. The standard InChI is InChI=1S/C6H4BrN5O/c7-5-2-1-4(3-13)12(5)6-8-10-11-9-6/h1-3H,(H,8,9,10,11). The largest absolute Gasteiger partial charge is 0.296 e. The van der Waals surface area contributed by atoms with E-state index in [4.69, 9.17) is 0 Å². The summed E-state index contributed by atoms with van der Waals surface area (Å²) < 4.78 is 2.24. The molecule has 0 saturated carbocycles. The second-order valence-corrected chi connectivity index (χ2v) is 3.06. The number of nitrogens with one attached hydrogen (secondary N) is 1. The van der Waals surface area contributed by atoms with Gasteiger partial charge in [-0.05, 0) is 33.3 Å². The van der Waals surface area contributed by atoms with Gasteiger partial charge in [-0.3, -0.25) is 9.36 Å². The molecule has 0 spiro atoms. The number of aldehydes is 1. The summed E-state index contributed by atoms with van der Waals surface area (Å²) in [5.41, 5.74) is 0.466. The smallest absolute Gasteiger partial charge is 0.275 e. The van der Waals surface area contributed by atoms with Crippen LogP contribution in [0, 0.1) is 0 Å². The number of aromatic amines is 1. The first-order valence-corrected chi connectivity index (χ1v) is 4.18. The summed E-state index contributed by atoms with van der Waals surface area (Å²) in [6, 6.07) is 3.40. The van der Waals surface area contributed by atoms with Crippen molar-refractivity contribution in [3.8, 4) is 5.95 Å². The van der Waals surface area contributed by atoms with E-state index in [0.29, 0.717) is 16.2 Å². The number of halogens is 1. The maximum atomic E-state index is 10.6. The summed E-state index contributed by atoms with van der Waals surface area (Å²) in [4.78, 5) is 10.6. The number of H-pyrrole nitrogens is 1. The molecule has 2 aromatic rings. The number of aromatic nitrogens is 5. The van der Waals surface area contributed by atoms with Crippen LogP contribution in [0.15, 0.2) is 16.7 Å². The number of hydrogen-bond donors (Lipinski definition) is 1.